The number of benzene rings is 1. The first-order chi connectivity index (χ1) is 11.0. The Morgan fingerprint density at radius 3 is 2.26 bits per heavy atom. The van der Waals surface area contributed by atoms with Crippen molar-refractivity contribution < 1.29 is 19.2 Å². The molecule has 0 radical (unpaired) electrons. The van der Waals surface area contributed by atoms with Gasteiger partial charge in [0.25, 0.3) is 17.7 Å². The predicted octanol–water partition coefficient (Wildman–Crippen LogP) is 0.318. The third-order valence-corrected chi connectivity index (χ3v) is 3.46. The number of imide groups is 2. The molecular formula is C15H12N4O4. The summed E-state index contributed by atoms with van der Waals surface area (Å²) in [5.41, 5.74) is 0.752. The van der Waals surface area contributed by atoms with Crippen LogP contribution in [0.25, 0.3) is 0 Å². The van der Waals surface area contributed by atoms with Gasteiger partial charge in [0, 0.05) is 0 Å². The third kappa shape index (κ3) is 2.61. The van der Waals surface area contributed by atoms with Crippen LogP contribution < -0.4 is 15.6 Å². The summed E-state index contributed by atoms with van der Waals surface area (Å²) in [6, 6.07) is 7.92. The largest absolute Gasteiger partial charge is 0.328 e. The number of rotatable bonds is 2. The Balaban J connectivity index is 1.90. The van der Waals surface area contributed by atoms with E-state index in [0.717, 1.165) is 0 Å². The lowest BCUT2D eigenvalue weighted by Crippen LogP contribution is -2.51. The van der Waals surface area contributed by atoms with E-state index in [9.17, 15) is 19.2 Å². The van der Waals surface area contributed by atoms with E-state index >= 15 is 0 Å². The Morgan fingerprint density at radius 1 is 1.04 bits per heavy atom. The van der Waals surface area contributed by atoms with E-state index in [1.807, 2.05) is 16.7 Å². The second-order valence-electron chi connectivity index (χ2n) is 5.02. The van der Waals surface area contributed by atoms with Crippen molar-refractivity contribution in [2.24, 2.45) is 11.0 Å². The van der Waals surface area contributed by atoms with Crippen molar-refractivity contribution in [1.82, 2.24) is 10.6 Å². The smallest absolute Gasteiger partial charge is 0.273 e. The molecule has 8 heteroatoms. The predicted molar refractivity (Wildman–Crippen MR) is 80.3 cm³/mol. The number of hydrogen-bond donors (Lipinski definition) is 2. The van der Waals surface area contributed by atoms with Crippen LogP contribution in [-0.2, 0) is 14.4 Å². The minimum atomic E-state index is -0.883. The Kier molecular flexibility index (Phi) is 3.49. The second kappa shape index (κ2) is 5.48. The molecule has 1 aromatic carbocycles. The monoisotopic (exact) mass is 312 g/mol. The van der Waals surface area contributed by atoms with Gasteiger partial charge in [-0.1, -0.05) is 18.2 Å². The summed E-state index contributed by atoms with van der Waals surface area (Å²) in [6.07, 6.45) is 1.22. The Labute approximate surface area is 130 Å². The van der Waals surface area contributed by atoms with Gasteiger partial charge in [0.2, 0.25) is 0 Å². The highest BCUT2D eigenvalue weighted by Crippen LogP contribution is 2.25. The number of nitrogens with zero attached hydrogens (tertiary/aromatic N) is 2. The van der Waals surface area contributed by atoms with Crippen LogP contribution in [0.4, 0.5) is 10.5 Å². The topological polar surface area (TPSA) is 108 Å². The Hall–Kier alpha value is -3.29. The lowest BCUT2D eigenvalue weighted by molar-refractivity contribution is -0.124. The molecule has 116 valence electrons. The molecule has 2 N–H and O–H groups in total. The van der Waals surface area contributed by atoms with Crippen molar-refractivity contribution in [3.8, 4) is 0 Å². The average Bonchev–Trinajstić information content (AvgIpc) is 2.79. The van der Waals surface area contributed by atoms with Gasteiger partial charge in [-0.05, 0) is 25.1 Å². The number of para-hydroxylation sites is 1. The Morgan fingerprint density at radius 2 is 1.65 bits per heavy atom. The minimum Gasteiger partial charge on any atom is -0.273 e. The molecule has 0 aliphatic carbocycles. The standard InChI is InChI=1S/C15H12N4O4/c1-8-10(7-11-12(20)16-15(23)17-13(11)21)14(22)19(18-8)9-5-3-2-4-6-9/h2-7,10H,1H3,(H2,16,17,20,21,23)/t10-/m1/s1. The molecule has 0 unspecified atom stereocenters. The van der Waals surface area contributed by atoms with Crippen molar-refractivity contribution >= 4 is 35.2 Å². The fraction of sp³-hybridized carbons (Fsp3) is 0.133. The summed E-state index contributed by atoms with van der Waals surface area (Å²) in [5, 5.41) is 9.33. The lowest BCUT2D eigenvalue weighted by Gasteiger charge is -2.16. The number of nitrogens with one attached hydrogen (secondary N) is 2. The van der Waals surface area contributed by atoms with Crippen LogP contribution in [0.15, 0.2) is 47.1 Å². The van der Waals surface area contributed by atoms with Crippen molar-refractivity contribution in [3.05, 3.63) is 42.0 Å². The first-order valence-electron chi connectivity index (χ1n) is 6.80. The van der Waals surface area contributed by atoms with E-state index in [4.69, 9.17) is 0 Å². The van der Waals surface area contributed by atoms with Crippen LogP contribution in [0.3, 0.4) is 0 Å². The summed E-state index contributed by atoms with van der Waals surface area (Å²) in [7, 11) is 0. The molecule has 1 atom stereocenters. The maximum atomic E-state index is 12.5. The molecule has 2 heterocycles. The number of anilines is 1. The van der Waals surface area contributed by atoms with Gasteiger partial charge < -0.3 is 0 Å². The van der Waals surface area contributed by atoms with Crippen LogP contribution >= 0.6 is 0 Å². The van der Waals surface area contributed by atoms with Crippen LogP contribution in [0.2, 0.25) is 0 Å². The molecule has 8 nitrogen and oxygen atoms in total. The maximum absolute atomic E-state index is 12.5. The first kappa shape index (κ1) is 14.6. The summed E-state index contributed by atoms with van der Waals surface area (Å²) < 4.78 is 0. The number of hydrogen-bond acceptors (Lipinski definition) is 5. The first-order valence-corrected chi connectivity index (χ1v) is 6.80. The molecule has 0 bridgehead atoms. The molecule has 2 aliphatic rings. The van der Waals surface area contributed by atoms with Gasteiger partial charge in [-0.25, -0.2) is 4.79 Å². The number of urea groups is 1. The number of amides is 5. The normalized spacial score (nSPS) is 21.1. The zero-order valence-electron chi connectivity index (χ0n) is 12.1. The zero-order valence-corrected chi connectivity index (χ0v) is 12.1. The van der Waals surface area contributed by atoms with E-state index in [1.54, 1.807) is 31.2 Å². The number of hydrazone groups is 1. The molecular weight excluding hydrogens is 300 g/mol. The number of carbonyl (C=O) groups is 4. The van der Waals surface area contributed by atoms with Crippen molar-refractivity contribution in [3.63, 3.8) is 0 Å². The minimum absolute atomic E-state index is 0.285. The van der Waals surface area contributed by atoms with E-state index in [0.29, 0.717) is 11.4 Å². The van der Waals surface area contributed by atoms with E-state index in [-0.39, 0.29) is 11.5 Å². The lowest BCUT2D eigenvalue weighted by atomic mass is 9.99. The molecule has 2 aliphatic heterocycles. The fourth-order valence-corrected chi connectivity index (χ4v) is 2.32. The van der Waals surface area contributed by atoms with Crippen LogP contribution in [-0.4, -0.2) is 29.5 Å². The van der Waals surface area contributed by atoms with Gasteiger partial charge in [-0.15, -0.1) is 0 Å². The fourth-order valence-electron chi connectivity index (χ4n) is 2.32. The van der Waals surface area contributed by atoms with Crippen LogP contribution in [0, 0.1) is 5.92 Å². The second-order valence-corrected chi connectivity index (χ2v) is 5.02. The van der Waals surface area contributed by atoms with Crippen molar-refractivity contribution in [2.75, 3.05) is 5.01 Å². The Bertz CT molecular complexity index is 760. The summed E-state index contributed by atoms with van der Waals surface area (Å²) in [6.45, 7) is 1.63. The number of barbiturate groups is 1. The quantitative estimate of drug-likeness (QED) is 0.605. The number of carbonyl (C=O) groups excluding carboxylic acids is 4. The molecule has 5 amide bonds. The highest BCUT2D eigenvalue weighted by Gasteiger charge is 2.36. The molecule has 3 rings (SSSR count). The molecule has 1 fully saturated rings. The van der Waals surface area contributed by atoms with Crippen LogP contribution in [0.5, 0.6) is 0 Å². The van der Waals surface area contributed by atoms with Gasteiger partial charge in [0.15, 0.2) is 0 Å². The van der Waals surface area contributed by atoms with Crippen molar-refractivity contribution in [2.45, 2.75) is 6.92 Å². The van der Waals surface area contributed by atoms with Gasteiger partial charge in [-0.2, -0.15) is 10.1 Å². The highest BCUT2D eigenvalue weighted by molar-refractivity contribution is 6.30. The van der Waals surface area contributed by atoms with E-state index < -0.39 is 23.8 Å². The van der Waals surface area contributed by atoms with Gasteiger partial charge in [0.1, 0.15) is 5.57 Å². The van der Waals surface area contributed by atoms with Gasteiger partial charge in [0.05, 0.1) is 17.3 Å². The highest BCUT2D eigenvalue weighted by atomic mass is 16.2. The maximum Gasteiger partial charge on any atom is 0.328 e. The third-order valence-electron chi connectivity index (χ3n) is 3.46. The van der Waals surface area contributed by atoms with Gasteiger partial charge >= 0.3 is 6.03 Å². The zero-order chi connectivity index (χ0) is 16.6. The molecule has 0 saturated carbocycles. The van der Waals surface area contributed by atoms with Crippen LogP contribution in [0.1, 0.15) is 6.92 Å². The van der Waals surface area contributed by atoms with E-state index in [1.165, 1.54) is 11.1 Å². The van der Waals surface area contributed by atoms with Gasteiger partial charge in [-0.3, -0.25) is 25.0 Å². The summed E-state index contributed by atoms with van der Waals surface area (Å²) >= 11 is 0. The summed E-state index contributed by atoms with van der Waals surface area (Å²) in [4.78, 5) is 47.0. The summed E-state index contributed by atoms with van der Waals surface area (Å²) in [5.74, 6) is -2.89. The molecule has 0 aromatic heterocycles. The molecule has 23 heavy (non-hydrogen) atoms. The molecule has 1 aromatic rings. The molecule has 1 saturated heterocycles. The average molecular weight is 312 g/mol. The SMILES string of the molecule is CC1=NN(c2ccccc2)C(=O)[C@@H]1C=C1C(=O)NC(=O)NC1=O. The van der Waals surface area contributed by atoms with Crippen molar-refractivity contribution in [1.29, 1.82) is 0 Å². The van der Waals surface area contributed by atoms with E-state index in [2.05, 4.69) is 5.10 Å². The molecule has 0 spiro atoms.